The van der Waals surface area contributed by atoms with Gasteiger partial charge in [-0.05, 0) is 120 Å². The maximum Gasteiger partial charge on any atom is 0.311 e. The minimum atomic E-state index is -1.85. The molecule has 0 saturated carbocycles. The summed E-state index contributed by atoms with van der Waals surface area (Å²) >= 11 is 0. The number of likely N-dealkylation sites (tertiary alicyclic amines) is 1. The number of aliphatic hydroxyl groups is 6. The van der Waals surface area contributed by atoms with Crippen LogP contribution in [0.2, 0.25) is 0 Å². The summed E-state index contributed by atoms with van der Waals surface area (Å²) in [4.78, 5) is 34.7. The lowest BCUT2D eigenvalue weighted by molar-refractivity contribution is -0.318. The first-order valence-electron chi connectivity index (χ1n) is 26.4. The fourth-order valence-corrected chi connectivity index (χ4v) is 12.1. The summed E-state index contributed by atoms with van der Waals surface area (Å²) in [5.74, 6) is -3.21. The highest BCUT2D eigenvalue weighted by molar-refractivity contribution is 5.84. The molecule has 0 bridgehead atoms. The molecular weight excluding hydrogens is 915 g/mol. The molecule has 4 fully saturated rings. The number of methoxy groups -OCH3 is 1. The van der Waals surface area contributed by atoms with Crippen LogP contribution in [0.5, 0.6) is 0 Å². The van der Waals surface area contributed by atoms with Gasteiger partial charge in [-0.3, -0.25) is 14.5 Å². The highest BCUT2D eigenvalue weighted by Gasteiger charge is 2.53. The van der Waals surface area contributed by atoms with Gasteiger partial charge >= 0.3 is 5.97 Å². The Morgan fingerprint density at radius 1 is 0.972 bits per heavy atom. The van der Waals surface area contributed by atoms with Gasteiger partial charge < -0.3 is 68.9 Å². The number of cyclic esters (lactones) is 1. The number of aliphatic hydroxyl groups excluding tert-OH is 4. The SMILES string of the molecule is CC[C@H]1OC(=O)[C@H](C)[C@@H](O[C@H]2C[C@@](C)(OC)[C@@H](O)[C@H](C)O2)[C@H](C)[C@@H](O[C@@H]2O[C@H](C)C[C@H](N(C)C[C@H](CC(=O)C3CCCN3Cc3ccccc3)[C@H](C)O)[C@H]2O)[C@](C)(O)C[C@@H](C)CN(C)[C@H](C)[C@@H](O)[C@]1(C)O. The number of benzene rings is 1. The van der Waals surface area contributed by atoms with Gasteiger partial charge in [0.1, 0.15) is 35.8 Å². The Labute approximate surface area is 424 Å². The number of ether oxygens (including phenoxy) is 6. The summed E-state index contributed by atoms with van der Waals surface area (Å²) in [7, 11) is 5.20. The largest absolute Gasteiger partial charge is 0.459 e. The van der Waals surface area contributed by atoms with E-state index in [1.807, 2.05) is 55.9 Å². The van der Waals surface area contributed by atoms with Crippen LogP contribution in [-0.4, -0.2) is 200 Å². The first kappa shape index (κ1) is 59.7. The number of hydrogen-bond donors (Lipinski definition) is 6. The van der Waals surface area contributed by atoms with E-state index in [1.54, 1.807) is 55.4 Å². The quantitative estimate of drug-likeness (QED) is 0.137. The number of nitrogens with zero attached hydrogens (tertiary/aromatic N) is 3. The molecule has 0 aliphatic carbocycles. The van der Waals surface area contributed by atoms with E-state index >= 15 is 0 Å². The summed E-state index contributed by atoms with van der Waals surface area (Å²) in [6.07, 6.45) is -8.50. The Morgan fingerprint density at radius 3 is 2.25 bits per heavy atom. The lowest BCUT2D eigenvalue weighted by Gasteiger charge is -2.49. The molecule has 17 heteroatoms. The van der Waals surface area contributed by atoms with Crippen molar-refractivity contribution in [3.63, 3.8) is 0 Å². The van der Waals surface area contributed by atoms with Crippen LogP contribution >= 0.6 is 0 Å². The van der Waals surface area contributed by atoms with Gasteiger partial charge in [0.15, 0.2) is 12.6 Å². The fraction of sp³-hybridized carbons (Fsp3) is 0.852. The van der Waals surface area contributed by atoms with Crippen LogP contribution in [-0.2, 0) is 44.6 Å². The predicted octanol–water partition coefficient (Wildman–Crippen LogP) is 3.89. The normalized spacial score (nSPS) is 42.8. The van der Waals surface area contributed by atoms with Crippen LogP contribution in [0.4, 0.5) is 0 Å². The lowest BCUT2D eigenvalue weighted by Crippen LogP contribution is -2.61. The van der Waals surface area contributed by atoms with E-state index in [2.05, 4.69) is 17.0 Å². The van der Waals surface area contributed by atoms with Gasteiger partial charge in [0.05, 0.1) is 53.7 Å². The molecule has 0 radical (unpaired) electrons. The van der Waals surface area contributed by atoms with Gasteiger partial charge in [-0.25, -0.2) is 0 Å². The Bertz CT molecular complexity index is 1830. The first-order valence-corrected chi connectivity index (χ1v) is 26.4. The molecule has 1 unspecified atom stereocenters. The van der Waals surface area contributed by atoms with Gasteiger partial charge in [-0.15, -0.1) is 0 Å². The number of likely N-dealkylation sites (N-methyl/N-ethyl adjacent to an activating group) is 2. The van der Waals surface area contributed by atoms with Crippen molar-refractivity contribution in [2.75, 3.05) is 40.8 Å². The zero-order chi connectivity index (χ0) is 52.9. The van der Waals surface area contributed by atoms with Crippen LogP contribution in [0.3, 0.4) is 0 Å². The smallest absolute Gasteiger partial charge is 0.311 e. The standard InChI is InChI=1S/C54H93N3O14/c1-15-43-54(11,65)47(61)35(6)55(12)28-31(2)26-52(9,64)49(33(4)46(34(5)50(63)69-43)70-44-27-53(10,66-14)48(62)37(8)68-44)71-51-45(60)41(24-32(3)67-51)56(13)30-39(36(7)58)25-42(59)40-22-19-23-57(40)29-38-20-17-16-18-21-38/h16-18,20-21,31-37,39-41,43-49,51,58,60-62,64-65H,15,19,22-30H2,1-14H3/t31-,32-,33+,34-,35-,36+,37+,39+,40?,41+,43-,44+,45-,46+,47-,48+,49-,51+,52-,53-,54-/m1/s1. The molecular formula is C54H93N3O14. The molecule has 408 valence electrons. The Morgan fingerprint density at radius 2 is 1.63 bits per heavy atom. The summed E-state index contributed by atoms with van der Waals surface area (Å²) in [6, 6.07) is 8.74. The number of esters is 1. The molecule has 0 amide bonds. The van der Waals surface area contributed by atoms with Gasteiger partial charge in [-0.2, -0.15) is 0 Å². The molecule has 1 aromatic rings. The Kier molecular flexibility index (Phi) is 21.1. The number of ketones is 1. The fourth-order valence-electron chi connectivity index (χ4n) is 12.1. The topological polar surface area (TPSA) is 221 Å². The van der Waals surface area contributed by atoms with Crippen LogP contribution in [0.15, 0.2) is 30.3 Å². The van der Waals surface area contributed by atoms with Crippen molar-refractivity contribution in [3.8, 4) is 0 Å². The van der Waals surface area contributed by atoms with Crippen LogP contribution in [0.1, 0.15) is 127 Å². The van der Waals surface area contributed by atoms with Crippen LogP contribution in [0, 0.1) is 23.7 Å². The zero-order valence-corrected chi connectivity index (χ0v) is 45.3. The van der Waals surface area contributed by atoms with Crippen molar-refractivity contribution >= 4 is 11.8 Å². The molecule has 6 N–H and O–H groups in total. The number of carbonyl (C=O) groups is 2. The van der Waals surface area contributed by atoms with E-state index in [0.717, 1.165) is 24.9 Å². The van der Waals surface area contributed by atoms with Crippen molar-refractivity contribution in [2.45, 2.75) is 230 Å². The molecule has 17 nitrogen and oxygen atoms in total. The summed E-state index contributed by atoms with van der Waals surface area (Å²) in [5.41, 5.74) is -3.45. The van der Waals surface area contributed by atoms with E-state index in [1.165, 1.54) is 14.0 Å². The van der Waals surface area contributed by atoms with E-state index < -0.39 is 120 Å². The van der Waals surface area contributed by atoms with Gasteiger partial charge in [0, 0.05) is 63.5 Å². The first-order chi connectivity index (χ1) is 33.1. The second kappa shape index (κ2) is 25.1. The highest BCUT2D eigenvalue weighted by atomic mass is 16.7. The molecule has 1 aromatic carbocycles. The minimum Gasteiger partial charge on any atom is -0.459 e. The monoisotopic (exact) mass is 1010 g/mol. The zero-order valence-electron chi connectivity index (χ0n) is 45.3. The molecule has 5 rings (SSSR count). The van der Waals surface area contributed by atoms with E-state index in [9.17, 15) is 40.2 Å². The molecule has 4 heterocycles. The predicted molar refractivity (Wildman–Crippen MR) is 268 cm³/mol. The van der Waals surface area contributed by atoms with Crippen molar-refractivity contribution in [1.29, 1.82) is 0 Å². The molecule has 4 saturated heterocycles. The molecule has 21 atom stereocenters. The Hall–Kier alpha value is -2.20. The van der Waals surface area contributed by atoms with E-state index in [4.69, 9.17) is 28.4 Å². The third-order valence-corrected chi connectivity index (χ3v) is 16.7. The number of hydrogen-bond acceptors (Lipinski definition) is 17. The van der Waals surface area contributed by atoms with Crippen molar-refractivity contribution in [2.24, 2.45) is 23.7 Å². The number of carbonyl (C=O) groups excluding carboxylic acids is 2. The average Bonchev–Trinajstić information content (AvgIpc) is 3.78. The minimum absolute atomic E-state index is 0.0866. The average molecular weight is 1010 g/mol. The maximum absolute atomic E-state index is 14.5. The van der Waals surface area contributed by atoms with Crippen molar-refractivity contribution in [3.05, 3.63) is 35.9 Å². The molecule has 71 heavy (non-hydrogen) atoms. The second-order valence-electron chi connectivity index (χ2n) is 22.9. The molecule has 4 aliphatic rings. The maximum atomic E-state index is 14.5. The molecule has 0 aromatic heterocycles. The number of Topliss-reactive ketones (excluding diaryl/α,β-unsaturated/α-hetero) is 1. The molecule has 0 spiro atoms. The van der Waals surface area contributed by atoms with E-state index in [0.29, 0.717) is 26.1 Å². The highest BCUT2D eigenvalue weighted by Crippen LogP contribution is 2.40. The number of rotatable bonds is 15. The third-order valence-electron chi connectivity index (χ3n) is 16.7. The second-order valence-corrected chi connectivity index (χ2v) is 22.9. The van der Waals surface area contributed by atoms with Crippen molar-refractivity contribution < 1.29 is 68.6 Å². The van der Waals surface area contributed by atoms with Gasteiger partial charge in [0.25, 0.3) is 0 Å². The Balaban J connectivity index is 1.46. The molecule has 4 aliphatic heterocycles. The summed E-state index contributed by atoms with van der Waals surface area (Å²) < 4.78 is 38.4. The van der Waals surface area contributed by atoms with Gasteiger partial charge in [0.2, 0.25) is 0 Å². The lowest BCUT2D eigenvalue weighted by atomic mass is 9.77. The summed E-state index contributed by atoms with van der Waals surface area (Å²) in [5, 5.41) is 71.1. The van der Waals surface area contributed by atoms with Crippen LogP contribution in [0.25, 0.3) is 0 Å². The van der Waals surface area contributed by atoms with E-state index in [-0.39, 0.29) is 43.4 Å². The van der Waals surface area contributed by atoms with Gasteiger partial charge in [-0.1, -0.05) is 51.1 Å². The summed E-state index contributed by atoms with van der Waals surface area (Å²) in [6.45, 7) is 21.4. The van der Waals surface area contributed by atoms with Crippen LogP contribution < -0.4 is 0 Å². The van der Waals surface area contributed by atoms with Crippen molar-refractivity contribution in [1.82, 2.24) is 14.7 Å². The third kappa shape index (κ3) is 14.4.